The summed E-state index contributed by atoms with van der Waals surface area (Å²) in [6.07, 6.45) is -2.51. The Morgan fingerprint density at radius 1 is 1.30 bits per heavy atom. The lowest BCUT2D eigenvalue weighted by molar-refractivity contribution is -0.225. The summed E-state index contributed by atoms with van der Waals surface area (Å²) in [5.74, 6) is 0. The van der Waals surface area contributed by atoms with Gasteiger partial charge in [-0.1, -0.05) is 0 Å². The Morgan fingerprint density at radius 3 is 2.30 bits per heavy atom. The van der Waals surface area contributed by atoms with Crippen molar-refractivity contribution in [3.63, 3.8) is 0 Å². The van der Waals surface area contributed by atoms with Crippen LogP contribution in [0.2, 0.25) is 0 Å². The minimum absolute atomic E-state index is 0.0390. The van der Waals surface area contributed by atoms with E-state index in [4.69, 9.17) is 0 Å². The van der Waals surface area contributed by atoms with Gasteiger partial charge in [-0.3, -0.25) is 0 Å². The Morgan fingerprint density at radius 2 is 1.90 bits per heavy atom. The van der Waals surface area contributed by atoms with Crippen molar-refractivity contribution in [2.75, 3.05) is 20.3 Å². The van der Waals surface area contributed by atoms with Crippen LogP contribution in [0.15, 0.2) is 0 Å². The van der Waals surface area contributed by atoms with Crippen LogP contribution in [0.1, 0.15) is 13.3 Å². The highest BCUT2D eigenvalue weighted by atomic mass is 19.3. The summed E-state index contributed by atoms with van der Waals surface area (Å²) in [5, 5.41) is 0. The average Bonchev–Trinajstić information content (AvgIpc) is 1.78. The van der Waals surface area contributed by atoms with Crippen LogP contribution in [0.25, 0.3) is 0 Å². The molecule has 0 spiro atoms. The molecule has 0 rings (SSSR count). The second-order valence-corrected chi connectivity index (χ2v) is 2.00. The van der Waals surface area contributed by atoms with Gasteiger partial charge >= 0.3 is 6.11 Å². The summed E-state index contributed by atoms with van der Waals surface area (Å²) < 4.78 is 32.5. The molecule has 0 bridgehead atoms. The fourth-order valence-electron chi connectivity index (χ4n) is 0.455. The molecule has 0 atom stereocenters. The van der Waals surface area contributed by atoms with E-state index in [0.717, 1.165) is 6.92 Å². The van der Waals surface area contributed by atoms with Crippen molar-refractivity contribution in [2.45, 2.75) is 19.5 Å². The summed E-state index contributed by atoms with van der Waals surface area (Å²) >= 11 is 0. The Labute approximate surface area is 59.1 Å². The molecular formula is C6H12F2O2. The minimum atomic E-state index is -3.01. The molecule has 0 aromatic carbocycles. The number of ether oxygens (including phenoxy) is 2. The van der Waals surface area contributed by atoms with Crippen LogP contribution in [0.5, 0.6) is 0 Å². The number of methoxy groups -OCH3 is 1. The summed E-state index contributed by atoms with van der Waals surface area (Å²) in [7, 11) is 1.52. The molecule has 0 aliphatic carbocycles. The van der Waals surface area contributed by atoms with Crippen LogP contribution in [0.3, 0.4) is 0 Å². The lowest BCUT2D eigenvalue weighted by Crippen LogP contribution is -2.16. The summed E-state index contributed by atoms with van der Waals surface area (Å²) in [5.41, 5.74) is 0. The lowest BCUT2D eigenvalue weighted by atomic mass is 10.5. The highest BCUT2D eigenvalue weighted by Gasteiger charge is 2.20. The zero-order chi connectivity index (χ0) is 8.04. The van der Waals surface area contributed by atoms with Gasteiger partial charge in [0, 0.05) is 20.6 Å². The third kappa shape index (κ3) is 7.78. The molecule has 62 valence electrons. The largest absolute Gasteiger partial charge is 0.385 e. The van der Waals surface area contributed by atoms with Crippen molar-refractivity contribution in [3.8, 4) is 0 Å². The van der Waals surface area contributed by atoms with Crippen LogP contribution < -0.4 is 0 Å². The number of hydrogen-bond donors (Lipinski definition) is 0. The van der Waals surface area contributed by atoms with Gasteiger partial charge in [0.15, 0.2) is 0 Å². The first kappa shape index (κ1) is 9.78. The van der Waals surface area contributed by atoms with Gasteiger partial charge in [0.2, 0.25) is 0 Å². The molecule has 0 heterocycles. The van der Waals surface area contributed by atoms with Crippen LogP contribution in [0.4, 0.5) is 8.78 Å². The van der Waals surface area contributed by atoms with Crippen molar-refractivity contribution in [1.29, 1.82) is 0 Å². The first-order valence-electron chi connectivity index (χ1n) is 3.07. The molecule has 0 saturated heterocycles. The van der Waals surface area contributed by atoms with E-state index in [-0.39, 0.29) is 6.61 Å². The molecular weight excluding hydrogens is 142 g/mol. The molecule has 0 radical (unpaired) electrons. The summed E-state index contributed by atoms with van der Waals surface area (Å²) in [6, 6.07) is 0. The van der Waals surface area contributed by atoms with Crippen molar-refractivity contribution in [3.05, 3.63) is 0 Å². The molecule has 0 fully saturated rings. The van der Waals surface area contributed by atoms with Crippen LogP contribution in [0, 0.1) is 0 Å². The van der Waals surface area contributed by atoms with Crippen LogP contribution >= 0.6 is 0 Å². The summed E-state index contributed by atoms with van der Waals surface area (Å²) in [6.45, 7) is 1.22. The van der Waals surface area contributed by atoms with Crippen molar-refractivity contribution in [1.82, 2.24) is 0 Å². The van der Waals surface area contributed by atoms with E-state index in [1.165, 1.54) is 7.11 Å². The molecule has 0 aromatic heterocycles. The Hall–Kier alpha value is -0.220. The number of alkyl halides is 2. The van der Waals surface area contributed by atoms with Gasteiger partial charge in [0.25, 0.3) is 0 Å². The standard InChI is InChI=1S/C6H12F2O2/c1-6(7,8)10-5-3-4-9-2/h3-5H2,1-2H3. The van der Waals surface area contributed by atoms with Gasteiger partial charge in [-0.05, 0) is 6.42 Å². The molecule has 0 aromatic rings. The summed E-state index contributed by atoms with van der Waals surface area (Å²) in [4.78, 5) is 0. The molecule has 10 heavy (non-hydrogen) atoms. The number of hydrogen-bond acceptors (Lipinski definition) is 2. The average molecular weight is 154 g/mol. The molecule has 2 nitrogen and oxygen atoms in total. The minimum Gasteiger partial charge on any atom is -0.385 e. The predicted octanol–water partition coefficient (Wildman–Crippen LogP) is 1.65. The highest BCUT2D eigenvalue weighted by molar-refractivity contribution is 4.39. The maximum atomic E-state index is 11.9. The molecule has 0 aliphatic rings. The van der Waals surface area contributed by atoms with E-state index >= 15 is 0 Å². The monoisotopic (exact) mass is 154 g/mol. The third-order valence-electron chi connectivity index (χ3n) is 0.848. The van der Waals surface area contributed by atoms with E-state index in [2.05, 4.69) is 9.47 Å². The van der Waals surface area contributed by atoms with E-state index in [0.29, 0.717) is 13.0 Å². The number of rotatable bonds is 5. The second-order valence-electron chi connectivity index (χ2n) is 2.00. The molecule has 0 N–H and O–H groups in total. The molecule has 4 heteroatoms. The van der Waals surface area contributed by atoms with Crippen molar-refractivity contribution in [2.24, 2.45) is 0 Å². The SMILES string of the molecule is COCCCOC(C)(F)F. The van der Waals surface area contributed by atoms with Gasteiger partial charge in [0.1, 0.15) is 0 Å². The zero-order valence-corrected chi connectivity index (χ0v) is 6.19. The van der Waals surface area contributed by atoms with Crippen LogP contribution in [-0.4, -0.2) is 26.4 Å². The normalized spacial score (nSPS) is 12.0. The molecule has 0 amide bonds. The lowest BCUT2D eigenvalue weighted by Gasteiger charge is -2.10. The smallest absolute Gasteiger partial charge is 0.352 e. The van der Waals surface area contributed by atoms with Gasteiger partial charge in [-0.15, -0.1) is 0 Å². The van der Waals surface area contributed by atoms with E-state index < -0.39 is 6.11 Å². The Balaban J connectivity index is 3.04. The van der Waals surface area contributed by atoms with Crippen LogP contribution in [-0.2, 0) is 9.47 Å². The van der Waals surface area contributed by atoms with E-state index in [1.54, 1.807) is 0 Å². The Kier molecular flexibility index (Phi) is 4.47. The zero-order valence-electron chi connectivity index (χ0n) is 6.19. The highest BCUT2D eigenvalue weighted by Crippen LogP contribution is 2.12. The Bertz CT molecular complexity index is 80.3. The first-order valence-corrected chi connectivity index (χ1v) is 3.07. The van der Waals surface area contributed by atoms with E-state index in [9.17, 15) is 8.78 Å². The maximum Gasteiger partial charge on any atom is 0.352 e. The van der Waals surface area contributed by atoms with Gasteiger partial charge < -0.3 is 9.47 Å². The molecule has 0 aliphatic heterocycles. The van der Waals surface area contributed by atoms with Crippen molar-refractivity contribution < 1.29 is 18.3 Å². The third-order valence-corrected chi connectivity index (χ3v) is 0.848. The number of halogens is 2. The van der Waals surface area contributed by atoms with Crippen molar-refractivity contribution >= 4 is 0 Å². The topological polar surface area (TPSA) is 18.5 Å². The van der Waals surface area contributed by atoms with Gasteiger partial charge in [-0.25, -0.2) is 0 Å². The maximum absolute atomic E-state index is 11.9. The second kappa shape index (κ2) is 4.57. The van der Waals surface area contributed by atoms with Gasteiger partial charge in [-0.2, -0.15) is 8.78 Å². The quantitative estimate of drug-likeness (QED) is 0.560. The fraction of sp³-hybridized carbons (Fsp3) is 1.00. The fourth-order valence-corrected chi connectivity index (χ4v) is 0.455. The first-order chi connectivity index (χ1) is 4.56. The predicted molar refractivity (Wildman–Crippen MR) is 33.1 cm³/mol. The molecule has 0 saturated carbocycles. The van der Waals surface area contributed by atoms with Gasteiger partial charge in [0.05, 0.1) is 6.61 Å². The van der Waals surface area contributed by atoms with E-state index in [1.807, 2.05) is 0 Å². The molecule has 0 unspecified atom stereocenters.